The zero-order valence-electron chi connectivity index (χ0n) is 15.6. The quantitative estimate of drug-likeness (QED) is 0.840. The topological polar surface area (TPSA) is 49.4 Å². The Kier molecular flexibility index (Phi) is 6.12. The molecule has 4 nitrogen and oxygen atoms in total. The Bertz CT molecular complexity index is 794. The first-order valence-electron chi connectivity index (χ1n) is 9.32. The fraction of sp³-hybridized carbons (Fsp3) is 0.429. The van der Waals surface area contributed by atoms with Gasteiger partial charge in [0.05, 0.1) is 4.90 Å². The summed E-state index contributed by atoms with van der Waals surface area (Å²) >= 11 is 0. The van der Waals surface area contributed by atoms with E-state index in [0.717, 1.165) is 32.5 Å². The highest BCUT2D eigenvalue weighted by Crippen LogP contribution is 2.19. The van der Waals surface area contributed by atoms with Crippen LogP contribution in [0.5, 0.6) is 0 Å². The number of nitrogens with one attached hydrogen (secondary N) is 1. The summed E-state index contributed by atoms with van der Waals surface area (Å²) in [5.74, 6) is 0.553. The van der Waals surface area contributed by atoms with Crippen LogP contribution in [-0.2, 0) is 16.6 Å². The molecule has 0 amide bonds. The number of hydrogen-bond donors (Lipinski definition) is 1. The Balaban J connectivity index is 1.51. The van der Waals surface area contributed by atoms with Crippen molar-refractivity contribution in [1.82, 2.24) is 9.62 Å². The number of rotatable bonds is 6. The molecule has 5 heteroatoms. The number of hydrogen-bond acceptors (Lipinski definition) is 3. The molecule has 1 aliphatic rings. The number of sulfonamides is 1. The van der Waals surface area contributed by atoms with Gasteiger partial charge in [0.25, 0.3) is 0 Å². The molecule has 26 heavy (non-hydrogen) atoms. The third-order valence-corrected chi connectivity index (χ3v) is 6.55. The number of nitrogens with zero attached hydrogens (tertiary/aromatic N) is 1. The predicted octanol–water partition coefficient (Wildman–Crippen LogP) is 3.75. The Morgan fingerprint density at radius 2 is 1.62 bits per heavy atom. The molecule has 0 radical (unpaired) electrons. The van der Waals surface area contributed by atoms with Gasteiger partial charge in [-0.25, -0.2) is 13.1 Å². The van der Waals surface area contributed by atoms with E-state index in [4.69, 9.17) is 0 Å². The van der Waals surface area contributed by atoms with Crippen molar-refractivity contribution in [2.24, 2.45) is 0 Å². The Morgan fingerprint density at radius 3 is 2.19 bits per heavy atom. The van der Waals surface area contributed by atoms with Crippen molar-refractivity contribution in [3.63, 3.8) is 0 Å². The van der Waals surface area contributed by atoms with Gasteiger partial charge in [-0.2, -0.15) is 0 Å². The third kappa shape index (κ3) is 4.93. The van der Waals surface area contributed by atoms with E-state index in [9.17, 15) is 8.42 Å². The van der Waals surface area contributed by atoms with Crippen molar-refractivity contribution in [3.8, 4) is 0 Å². The van der Waals surface area contributed by atoms with Crippen molar-refractivity contribution < 1.29 is 8.42 Å². The van der Waals surface area contributed by atoms with Gasteiger partial charge in [0.15, 0.2) is 0 Å². The summed E-state index contributed by atoms with van der Waals surface area (Å²) in [6.07, 6.45) is 1.69. The molecule has 0 bridgehead atoms. The standard InChI is InChI=1S/C21H28N2O2S/c1-17(2)19-10-8-18(9-11-19)16-23-14-12-20(13-15-23)22-26(24,25)21-6-4-3-5-7-21/h3-11,17,20,22H,12-16H2,1-2H3. The van der Waals surface area contributed by atoms with Gasteiger partial charge in [0.2, 0.25) is 10.0 Å². The minimum Gasteiger partial charge on any atom is -0.299 e. The third-order valence-electron chi connectivity index (χ3n) is 5.02. The minimum atomic E-state index is -3.42. The Hall–Kier alpha value is -1.69. The molecule has 0 aromatic heterocycles. The van der Waals surface area contributed by atoms with Gasteiger partial charge in [-0.15, -0.1) is 0 Å². The van der Waals surface area contributed by atoms with E-state index in [0.29, 0.717) is 10.8 Å². The fourth-order valence-corrected chi connectivity index (χ4v) is 4.69. The molecule has 1 aliphatic heterocycles. The predicted molar refractivity (Wildman–Crippen MR) is 106 cm³/mol. The van der Waals surface area contributed by atoms with Crippen LogP contribution in [-0.4, -0.2) is 32.4 Å². The van der Waals surface area contributed by atoms with Gasteiger partial charge in [0, 0.05) is 25.7 Å². The van der Waals surface area contributed by atoms with Gasteiger partial charge in [-0.1, -0.05) is 56.3 Å². The smallest absolute Gasteiger partial charge is 0.240 e. The van der Waals surface area contributed by atoms with Gasteiger partial charge >= 0.3 is 0 Å². The first-order chi connectivity index (χ1) is 12.4. The van der Waals surface area contributed by atoms with E-state index in [2.05, 4.69) is 47.7 Å². The summed E-state index contributed by atoms with van der Waals surface area (Å²) < 4.78 is 27.7. The lowest BCUT2D eigenvalue weighted by Crippen LogP contribution is -2.44. The van der Waals surface area contributed by atoms with Crippen molar-refractivity contribution in [3.05, 3.63) is 65.7 Å². The molecule has 1 saturated heterocycles. The molecule has 3 rings (SSSR count). The number of benzene rings is 2. The van der Waals surface area contributed by atoms with Crippen molar-refractivity contribution in [2.45, 2.75) is 50.1 Å². The second kappa shape index (κ2) is 8.33. The largest absolute Gasteiger partial charge is 0.299 e. The van der Waals surface area contributed by atoms with Crippen LogP contribution in [0.2, 0.25) is 0 Å². The second-order valence-electron chi connectivity index (χ2n) is 7.38. The van der Waals surface area contributed by atoms with Crippen molar-refractivity contribution in [2.75, 3.05) is 13.1 Å². The van der Waals surface area contributed by atoms with Gasteiger partial charge in [-0.3, -0.25) is 4.90 Å². The summed E-state index contributed by atoms with van der Waals surface area (Å²) in [6, 6.07) is 17.4. The molecule has 1 N–H and O–H groups in total. The Morgan fingerprint density at radius 1 is 1.00 bits per heavy atom. The Labute approximate surface area is 157 Å². The van der Waals surface area contributed by atoms with Crippen molar-refractivity contribution in [1.29, 1.82) is 0 Å². The lowest BCUT2D eigenvalue weighted by molar-refractivity contribution is 0.200. The molecule has 1 fully saturated rings. The van der Waals surface area contributed by atoms with Crippen LogP contribution >= 0.6 is 0 Å². The molecule has 0 unspecified atom stereocenters. The van der Waals surface area contributed by atoms with E-state index in [1.54, 1.807) is 24.3 Å². The number of piperidine rings is 1. The fourth-order valence-electron chi connectivity index (χ4n) is 3.36. The summed E-state index contributed by atoms with van der Waals surface area (Å²) in [5, 5.41) is 0. The monoisotopic (exact) mass is 372 g/mol. The molecule has 140 valence electrons. The average molecular weight is 373 g/mol. The lowest BCUT2D eigenvalue weighted by atomic mass is 10.0. The number of likely N-dealkylation sites (tertiary alicyclic amines) is 1. The van der Waals surface area contributed by atoms with Crippen LogP contribution in [0.4, 0.5) is 0 Å². The van der Waals surface area contributed by atoms with E-state index in [1.165, 1.54) is 11.1 Å². The molecular weight excluding hydrogens is 344 g/mol. The van der Waals surface area contributed by atoms with E-state index < -0.39 is 10.0 Å². The highest BCUT2D eigenvalue weighted by Gasteiger charge is 2.24. The van der Waals surface area contributed by atoms with Crippen LogP contribution in [0.15, 0.2) is 59.5 Å². The van der Waals surface area contributed by atoms with Crippen LogP contribution in [0.3, 0.4) is 0 Å². The van der Waals surface area contributed by atoms with Crippen LogP contribution in [0.25, 0.3) is 0 Å². The second-order valence-corrected chi connectivity index (χ2v) is 9.10. The maximum Gasteiger partial charge on any atom is 0.240 e. The normalized spacial score (nSPS) is 16.9. The maximum atomic E-state index is 12.4. The molecule has 0 atom stereocenters. The first kappa shape index (κ1) is 19.1. The van der Waals surface area contributed by atoms with Gasteiger partial charge in [0.1, 0.15) is 0 Å². The van der Waals surface area contributed by atoms with Gasteiger partial charge < -0.3 is 0 Å². The van der Waals surface area contributed by atoms with E-state index in [-0.39, 0.29) is 6.04 Å². The summed E-state index contributed by atoms with van der Waals surface area (Å²) in [7, 11) is -3.42. The summed E-state index contributed by atoms with van der Waals surface area (Å²) in [6.45, 7) is 7.16. The highest BCUT2D eigenvalue weighted by molar-refractivity contribution is 7.89. The molecule has 1 heterocycles. The van der Waals surface area contributed by atoms with Gasteiger partial charge in [-0.05, 0) is 42.0 Å². The molecule has 0 aliphatic carbocycles. The van der Waals surface area contributed by atoms with E-state index in [1.807, 2.05) is 6.07 Å². The van der Waals surface area contributed by atoms with Crippen molar-refractivity contribution >= 4 is 10.0 Å². The SMILES string of the molecule is CC(C)c1ccc(CN2CCC(NS(=O)(=O)c3ccccc3)CC2)cc1. The molecule has 0 saturated carbocycles. The average Bonchev–Trinajstić information content (AvgIpc) is 2.64. The zero-order valence-corrected chi connectivity index (χ0v) is 16.4. The molecular formula is C21H28N2O2S. The summed E-state index contributed by atoms with van der Waals surface area (Å²) in [4.78, 5) is 2.74. The first-order valence-corrected chi connectivity index (χ1v) is 10.8. The van der Waals surface area contributed by atoms with Crippen LogP contribution < -0.4 is 4.72 Å². The minimum absolute atomic E-state index is 0.0137. The van der Waals surface area contributed by atoms with E-state index >= 15 is 0 Å². The van der Waals surface area contributed by atoms with Crippen LogP contribution in [0, 0.1) is 0 Å². The molecule has 2 aromatic rings. The summed E-state index contributed by atoms with van der Waals surface area (Å²) in [5.41, 5.74) is 2.68. The van der Waals surface area contributed by atoms with Crippen LogP contribution in [0.1, 0.15) is 43.7 Å². The zero-order chi connectivity index (χ0) is 18.6. The maximum absolute atomic E-state index is 12.4. The highest BCUT2D eigenvalue weighted by atomic mass is 32.2. The lowest BCUT2D eigenvalue weighted by Gasteiger charge is -2.32. The molecule has 2 aromatic carbocycles. The molecule has 0 spiro atoms.